The van der Waals surface area contributed by atoms with Gasteiger partial charge in [-0.15, -0.1) is 0 Å². The first kappa shape index (κ1) is 15.7. The molecule has 0 atom stereocenters. The first-order chi connectivity index (χ1) is 1.73. The molecular formula is Ag2O3Zr. The standard InChI is InChI=1S/2Ag.3O.Zr/q2*+1;;2*-1;. The van der Waals surface area contributed by atoms with E-state index in [1.807, 2.05) is 0 Å². The Morgan fingerprint density at radius 2 is 1.17 bits per heavy atom. The Kier molecular flexibility index (Phi) is 26.5. The van der Waals surface area contributed by atoms with Gasteiger partial charge in [-0.25, -0.2) is 0 Å². The van der Waals surface area contributed by atoms with Crippen LogP contribution in [0.25, 0.3) is 0 Å². The van der Waals surface area contributed by atoms with E-state index in [1.165, 1.54) is 0 Å². The van der Waals surface area contributed by atoms with Crippen LogP contribution in [0.4, 0.5) is 0 Å². The van der Waals surface area contributed by atoms with Crippen molar-refractivity contribution in [3.05, 3.63) is 0 Å². The van der Waals surface area contributed by atoms with E-state index < -0.39 is 22.6 Å². The molecule has 0 radical (unpaired) electrons. The Morgan fingerprint density at radius 1 is 1.17 bits per heavy atom. The van der Waals surface area contributed by atoms with E-state index in [-0.39, 0.29) is 44.8 Å². The van der Waals surface area contributed by atoms with Gasteiger partial charge in [0.2, 0.25) is 0 Å². The third kappa shape index (κ3) is 36.2. The average molecular weight is 355 g/mol. The van der Waals surface area contributed by atoms with Crippen molar-refractivity contribution in [2.24, 2.45) is 0 Å². The monoisotopic (exact) mass is 352 g/mol. The van der Waals surface area contributed by atoms with E-state index >= 15 is 0 Å². The van der Waals surface area contributed by atoms with Gasteiger partial charge < -0.3 is 0 Å². The molecule has 3 nitrogen and oxygen atoms in total. The van der Waals surface area contributed by atoms with Crippen molar-refractivity contribution in [2.75, 3.05) is 0 Å². The van der Waals surface area contributed by atoms with E-state index in [0.29, 0.717) is 0 Å². The van der Waals surface area contributed by atoms with Crippen molar-refractivity contribution in [2.45, 2.75) is 0 Å². The van der Waals surface area contributed by atoms with Gasteiger partial charge in [0, 0.05) is 0 Å². The van der Waals surface area contributed by atoms with E-state index in [2.05, 4.69) is 0 Å². The van der Waals surface area contributed by atoms with Crippen LogP contribution >= 0.6 is 0 Å². The molecule has 0 N–H and O–H groups in total. The fourth-order valence-corrected chi connectivity index (χ4v) is 0. The van der Waals surface area contributed by atoms with Crippen LogP contribution in [0.15, 0.2) is 0 Å². The molecule has 0 amide bonds. The van der Waals surface area contributed by atoms with Crippen molar-refractivity contribution < 1.29 is 76.6 Å². The molecule has 0 fully saturated rings. The maximum atomic E-state index is 8.61. The molecule has 6 heteroatoms. The fraction of sp³-hybridized carbons (Fsp3) is 0. The molecule has 0 aromatic heterocycles. The van der Waals surface area contributed by atoms with Crippen molar-refractivity contribution in [1.29, 1.82) is 0 Å². The van der Waals surface area contributed by atoms with Gasteiger partial charge in [-0.3, -0.25) is 0 Å². The van der Waals surface area contributed by atoms with Gasteiger partial charge >= 0.3 is 76.6 Å². The Labute approximate surface area is 75.5 Å². The van der Waals surface area contributed by atoms with E-state index in [9.17, 15) is 0 Å². The van der Waals surface area contributed by atoms with Crippen LogP contribution in [0, 0.1) is 0 Å². The van der Waals surface area contributed by atoms with Gasteiger partial charge in [0.15, 0.2) is 0 Å². The molecule has 0 rings (SSSR count). The Morgan fingerprint density at radius 3 is 1.17 bits per heavy atom. The normalized spacial score (nSPS) is 4.33. The number of hydrogen-bond acceptors (Lipinski definition) is 3. The third-order valence-corrected chi connectivity index (χ3v) is 0. The second kappa shape index (κ2) is 10.1. The molecule has 0 bridgehead atoms. The molecule has 0 aliphatic rings. The minimum absolute atomic E-state index is 0. The molecular weight excluding hydrogens is 355 g/mol. The summed E-state index contributed by atoms with van der Waals surface area (Å²) >= 11 is -4.29. The van der Waals surface area contributed by atoms with Crippen molar-refractivity contribution in [3.8, 4) is 0 Å². The number of hydrogen-bond donors (Lipinski definition) is 0. The van der Waals surface area contributed by atoms with Crippen LogP contribution in [-0.4, -0.2) is 0 Å². The summed E-state index contributed by atoms with van der Waals surface area (Å²) in [5.41, 5.74) is 0. The zero-order valence-corrected chi connectivity index (χ0v) is 7.75. The molecule has 0 saturated heterocycles. The Bertz CT molecular complexity index is 31.8. The van der Waals surface area contributed by atoms with Gasteiger partial charge in [-0.1, -0.05) is 0 Å². The minimum atomic E-state index is -4.29. The quantitative estimate of drug-likeness (QED) is 0.452. The molecule has 44 valence electrons. The Balaban J connectivity index is -0.0000000450. The molecule has 0 spiro atoms. The predicted molar refractivity (Wildman–Crippen MR) is 0.686 cm³/mol. The molecule has 0 aromatic carbocycles. The van der Waals surface area contributed by atoms with Crippen LogP contribution in [0.5, 0.6) is 0 Å². The van der Waals surface area contributed by atoms with E-state index in [4.69, 9.17) is 9.18 Å². The molecule has 0 saturated carbocycles. The first-order valence-corrected chi connectivity index (χ1v) is 3.62. The first-order valence-electron chi connectivity index (χ1n) is 0.612. The SMILES string of the molecule is [Ag+].[Ag+].[O]=[Zr]([O-])[O-]. The molecule has 0 unspecified atom stereocenters. The van der Waals surface area contributed by atoms with Gasteiger partial charge in [0.25, 0.3) is 0 Å². The van der Waals surface area contributed by atoms with Gasteiger partial charge in [-0.05, 0) is 0 Å². The summed E-state index contributed by atoms with van der Waals surface area (Å²) in [5.74, 6) is 0. The molecule has 0 aromatic rings. The van der Waals surface area contributed by atoms with Gasteiger partial charge in [0.1, 0.15) is 0 Å². The summed E-state index contributed by atoms with van der Waals surface area (Å²) in [6, 6.07) is 0. The second-order valence-corrected chi connectivity index (χ2v) is 1.48. The van der Waals surface area contributed by atoms with Gasteiger partial charge in [0.05, 0.1) is 0 Å². The summed E-state index contributed by atoms with van der Waals surface area (Å²) in [4.78, 5) is 0. The zero-order valence-electron chi connectivity index (χ0n) is 2.33. The van der Waals surface area contributed by atoms with Crippen molar-refractivity contribution in [3.63, 3.8) is 0 Å². The number of rotatable bonds is 0. The summed E-state index contributed by atoms with van der Waals surface area (Å²) in [7, 11) is 0. The van der Waals surface area contributed by atoms with Crippen molar-refractivity contribution >= 4 is 0 Å². The van der Waals surface area contributed by atoms with E-state index in [1.54, 1.807) is 0 Å². The molecule has 0 aliphatic heterocycles. The predicted octanol–water partition coefficient (Wildman–Crippen LogP) is -2.50. The second-order valence-electron chi connectivity index (χ2n) is 0.250. The molecule has 6 heavy (non-hydrogen) atoms. The molecule has 0 aliphatic carbocycles. The van der Waals surface area contributed by atoms with Crippen molar-refractivity contribution in [1.82, 2.24) is 0 Å². The average Bonchev–Trinajstić information content (AvgIpc) is 0.811. The zero-order chi connectivity index (χ0) is 3.58. The summed E-state index contributed by atoms with van der Waals surface area (Å²) < 4.78 is 25.8. The van der Waals surface area contributed by atoms with Crippen LogP contribution in [-0.2, 0) is 70.2 Å². The fourth-order valence-electron chi connectivity index (χ4n) is 0. The summed E-state index contributed by atoms with van der Waals surface area (Å²) in [6.07, 6.45) is 0. The topological polar surface area (TPSA) is 63.2 Å². The van der Waals surface area contributed by atoms with Crippen LogP contribution < -0.4 is 6.37 Å². The maximum absolute atomic E-state index is 8.61. The molecule has 0 heterocycles. The Hall–Kier alpha value is 2.08. The van der Waals surface area contributed by atoms with Crippen LogP contribution in [0.2, 0.25) is 0 Å². The van der Waals surface area contributed by atoms with Crippen LogP contribution in [0.1, 0.15) is 0 Å². The van der Waals surface area contributed by atoms with E-state index in [0.717, 1.165) is 0 Å². The third-order valence-electron chi connectivity index (χ3n) is 0. The van der Waals surface area contributed by atoms with Crippen LogP contribution in [0.3, 0.4) is 0 Å². The summed E-state index contributed by atoms with van der Waals surface area (Å²) in [5, 5.41) is 0. The summed E-state index contributed by atoms with van der Waals surface area (Å²) in [6.45, 7) is 0. The van der Waals surface area contributed by atoms with Gasteiger partial charge in [-0.2, -0.15) is 0 Å².